The Kier molecular flexibility index (Phi) is 7.06. The maximum atomic E-state index is 13.8. The Hall–Kier alpha value is -4.87. The van der Waals surface area contributed by atoms with E-state index >= 15 is 0 Å². The molecule has 0 saturated heterocycles. The molecular weight excluding hydrogens is 501 g/mol. The predicted molar refractivity (Wildman–Crippen MR) is 137 cm³/mol. The van der Waals surface area contributed by atoms with E-state index < -0.39 is 29.3 Å². The number of carbonyl (C=O) groups is 3. The van der Waals surface area contributed by atoms with Crippen LogP contribution in [0.1, 0.15) is 26.3 Å². The molecule has 0 aliphatic carbocycles. The average molecular weight is 525 g/mol. The maximum absolute atomic E-state index is 13.8. The van der Waals surface area contributed by atoms with Gasteiger partial charge in [-0.3, -0.25) is 14.4 Å². The van der Waals surface area contributed by atoms with Gasteiger partial charge in [-0.05, 0) is 30.3 Å². The lowest BCUT2D eigenvalue weighted by Crippen LogP contribution is -2.29. The number of likely N-dealkylation sites (N-methyl/N-ethyl adjacent to an activating group) is 1. The summed E-state index contributed by atoms with van der Waals surface area (Å²) in [5.41, 5.74) is 0.184. The molecule has 0 aliphatic rings. The van der Waals surface area contributed by atoms with E-state index in [0.29, 0.717) is 22.8 Å². The minimum Gasteiger partial charge on any atom is -0.360 e. The fourth-order valence-corrected chi connectivity index (χ4v) is 3.78. The van der Waals surface area contributed by atoms with Crippen molar-refractivity contribution in [1.82, 2.24) is 20.2 Å². The van der Waals surface area contributed by atoms with E-state index in [-0.39, 0.29) is 28.3 Å². The molecule has 4 aromatic rings. The van der Waals surface area contributed by atoms with E-state index in [2.05, 4.69) is 25.9 Å². The van der Waals surface area contributed by atoms with E-state index in [1.807, 2.05) is 0 Å². The highest BCUT2D eigenvalue weighted by molar-refractivity contribution is 6.44. The van der Waals surface area contributed by atoms with Gasteiger partial charge in [0.15, 0.2) is 0 Å². The number of hydrogen-bond donors (Lipinski definition) is 4. The van der Waals surface area contributed by atoms with Crippen LogP contribution in [-0.2, 0) is 11.0 Å². The van der Waals surface area contributed by atoms with Gasteiger partial charge >= 0.3 is 6.18 Å². The summed E-state index contributed by atoms with van der Waals surface area (Å²) < 4.78 is 41.3. The number of nitrogens with one attached hydrogen (secondary N) is 4. The van der Waals surface area contributed by atoms with Gasteiger partial charge in [-0.15, -0.1) is 0 Å². The molecule has 4 rings (SSSR count). The molecule has 4 N–H and O–H groups in total. The molecule has 0 atom stereocenters. The van der Waals surface area contributed by atoms with Crippen LogP contribution in [0.3, 0.4) is 0 Å². The first kappa shape index (κ1) is 26.2. The Bertz CT molecular complexity index is 1550. The number of Topliss-reactive ketones (excluding diaryl/α,β-unsaturated/α-hetero) is 1. The third kappa shape index (κ3) is 5.28. The average Bonchev–Trinajstić information content (AvgIpc) is 3.30. The van der Waals surface area contributed by atoms with Crippen molar-refractivity contribution >= 4 is 51.4 Å². The molecule has 0 aliphatic heterocycles. The van der Waals surface area contributed by atoms with Crippen LogP contribution in [0.15, 0.2) is 60.9 Å². The minimum atomic E-state index is -4.71. The number of carbonyl (C=O) groups excluding carboxylic acids is 3. The predicted octanol–water partition coefficient (Wildman–Crippen LogP) is 4.70. The second kappa shape index (κ2) is 10.2. The van der Waals surface area contributed by atoms with Crippen LogP contribution >= 0.6 is 0 Å². The second-order valence-corrected chi connectivity index (χ2v) is 8.48. The van der Waals surface area contributed by atoms with Crippen molar-refractivity contribution in [3.05, 3.63) is 77.6 Å². The molecule has 2 amide bonds. The highest BCUT2D eigenvalue weighted by Gasteiger charge is 2.34. The third-order valence-electron chi connectivity index (χ3n) is 5.68. The lowest BCUT2D eigenvalue weighted by atomic mass is 10.1. The molecule has 0 saturated carbocycles. The summed E-state index contributed by atoms with van der Waals surface area (Å²) in [7, 11) is 4.36. The lowest BCUT2D eigenvalue weighted by molar-refractivity contribution is -0.137. The summed E-state index contributed by atoms with van der Waals surface area (Å²) >= 11 is 0. The molecule has 9 nitrogen and oxygen atoms in total. The van der Waals surface area contributed by atoms with E-state index in [1.54, 1.807) is 30.3 Å². The number of hydrogen-bond acceptors (Lipinski definition) is 6. The van der Waals surface area contributed by atoms with Crippen molar-refractivity contribution in [1.29, 1.82) is 0 Å². The summed E-state index contributed by atoms with van der Waals surface area (Å²) in [6.07, 6.45) is -2.60. The summed E-state index contributed by atoms with van der Waals surface area (Å²) in [5, 5.41) is 8.56. The number of ketones is 1. The largest absolute Gasteiger partial charge is 0.419 e. The molecule has 0 bridgehead atoms. The number of halogens is 3. The number of H-pyrrole nitrogens is 1. The molecule has 0 fully saturated rings. The molecule has 38 heavy (non-hydrogen) atoms. The van der Waals surface area contributed by atoms with Crippen molar-refractivity contribution in [2.24, 2.45) is 0 Å². The standard InChI is InChI=1S/C26H23F3N6O3/c1-30-24(37)15-6-4-5-7-20(15)34-21-11-22(32-13-18(21)26(27,28)29)33-14-8-9-19-16(10-14)17(12-31-19)23(36)25(38)35(2)3/h4-13,31H,1-3H3,(H,30,37)(H2,32,33,34). The number of amides is 2. The van der Waals surface area contributed by atoms with E-state index in [9.17, 15) is 27.6 Å². The van der Waals surface area contributed by atoms with Crippen LogP contribution in [0.25, 0.3) is 10.9 Å². The lowest BCUT2D eigenvalue weighted by Gasteiger charge is -2.17. The van der Waals surface area contributed by atoms with Gasteiger partial charge in [0.2, 0.25) is 0 Å². The number of anilines is 4. The summed E-state index contributed by atoms with van der Waals surface area (Å²) in [5.74, 6) is -1.79. The monoisotopic (exact) mass is 524 g/mol. The fraction of sp³-hybridized carbons (Fsp3) is 0.154. The number of rotatable bonds is 7. The smallest absolute Gasteiger partial charge is 0.360 e. The fourth-order valence-electron chi connectivity index (χ4n) is 3.78. The van der Waals surface area contributed by atoms with Gasteiger partial charge in [0, 0.05) is 56.2 Å². The zero-order valence-corrected chi connectivity index (χ0v) is 20.5. The highest BCUT2D eigenvalue weighted by Crippen LogP contribution is 2.38. The van der Waals surface area contributed by atoms with Crippen molar-refractivity contribution in [2.75, 3.05) is 31.8 Å². The zero-order valence-electron chi connectivity index (χ0n) is 20.5. The van der Waals surface area contributed by atoms with Gasteiger partial charge in [0.25, 0.3) is 17.6 Å². The Morgan fingerprint density at radius 3 is 2.37 bits per heavy atom. The van der Waals surface area contributed by atoms with E-state index in [4.69, 9.17) is 0 Å². The maximum Gasteiger partial charge on any atom is 0.419 e. The molecule has 2 aromatic carbocycles. The first-order valence-corrected chi connectivity index (χ1v) is 11.3. The van der Waals surface area contributed by atoms with Crippen molar-refractivity contribution in [3.8, 4) is 0 Å². The molecular formula is C26H23F3N6O3. The summed E-state index contributed by atoms with van der Waals surface area (Å²) in [6.45, 7) is 0. The molecule has 0 unspecified atom stereocenters. The second-order valence-electron chi connectivity index (χ2n) is 8.48. The Morgan fingerprint density at radius 1 is 0.947 bits per heavy atom. The number of aromatic amines is 1. The van der Waals surface area contributed by atoms with Crippen LogP contribution in [0.2, 0.25) is 0 Å². The van der Waals surface area contributed by atoms with Gasteiger partial charge in [-0.25, -0.2) is 4.98 Å². The minimum absolute atomic E-state index is 0.0741. The Labute approximate surface area is 215 Å². The molecule has 0 spiro atoms. The van der Waals surface area contributed by atoms with Crippen LogP contribution in [0.5, 0.6) is 0 Å². The third-order valence-corrected chi connectivity index (χ3v) is 5.68. The number of pyridine rings is 1. The number of para-hydroxylation sites is 1. The zero-order chi connectivity index (χ0) is 27.6. The number of fused-ring (bicyclic) bond motifs is 1. The number of aromatic nitrogens is 2. The number of alkyl halides is 3. The first-order chi connectivity index (χ1) is 18.0. The molecule has 2 heterocycles. The van der Waals surface area contributed by atoms with Crippen LogP contribution in [0.4, 0.5) is 36.1 Å². The van der Waals surface area contributed by atoms with Crippen molar-refractivity contribution in [2.45, 2.75) is 6.18 Å². The van der Waals surface area contributed by atoms with Gasteiger partial charge in [-0.2, -0.15) is 13.2 Å². The van der Waals surface area contributed by atoms with Gasteiger partial charge in [-0.1, -0.05) is 12.1 Å². The molecule has 12 heteroatoms. The van der Waals surface area contributed by atoms with Crippen LogP contribution in [-0.4, -0.2) is 53.6 Å². The molecule has 196 valence electrons. The number of benzene rings is 2. The first-order valence-electron chi connectivity index (χ1n) is 11.3. The van der Waals surface area contributed by atoms with Crippen LogP contribution < -0.4 is 16.0 Å². The summed E-state index contributed by atoms with van der Waals surface area (Å²) in [4.78, 5) is 45.0. The van der Waals surface area contributed by atoms with E-state index in [0.717, 1.165) is 0 Å². The molecule has 0 radical (unpaired) electrons. The number of nitrogens with zero attached hydrogens (tertiary/aromatic N) is 2. The van der Waals surface area contributed by atoms with Gasteiger partial charge in [0.05, 0.1) is 28.1 Å². The van der Waals surface area contributed by atoms with Crippen molar-refractivity contribution < 1.29 is 27.6 Å². The van der Waals surface area contributed by atoms with Gasteiger partial charge < -0.3 is 25.8 Å². The SMILES string of the molecule is CNC(=O)c1ccccc1Nc1cc(Nc2ccc3[nH]cc(C(=O)C(=O)N(C)C)c3c2)ncc1C(F)(F)F. The van der Waals surface area contributed by atoms with Crippen LogP contribution in [0, 0.1) is 0 Å². The highest BCUT2D eigenvalue weighted by atomic mass is 19.4. The quantitative estimate of drug-likeness (QED) is 0.206. The van der Waals surface area contributed by atoms with Crippen molar-refractivity contribution in [3.63, 3.8) is 0 Å². The Morgan fingerprint density at radius 2 is 1.68 bits per heavy atom. The molecule has 2 aromatic heterocycles. The Balaban J connectivity index is 1.70. The summed E-state index contributed by atoms with van der Waals surface area (Å²) in [6, 6.07) is 12.2. The van der Waals surface area contributed by atoms with E-state index in [1.165, 1.54) is 50.4 Å². The normalized spacial score (nSPS) is 11.2. The topological polar surface area (TPSA) is 119 Å². The van der Waals surface area contributed by atoms with Gasteiger partial charge in [0.1, 0.15) is 5.82 Å².